The molecule has 0 spiro atoms. The lowest BCUT2D eigenvalue weighted by atomic mass is 10.1. The minimum atomic E-state index is -3.66. The normalized spacial score (nSPS) is 12.4. The second-order valence-corrected chi connectivity index (χ2v) is 9.22. The number of anilines is 1. The molecule has 1 atom stereocenters. The molecule has 0 heterocycles. The third-order valence-electron chi connectivity index (χ3n) is 4.71. The standard InChI is InChI=1S/C23H26N2O4S/c1-17-9-4-7-14-22(17)29-16-18(2)24-23(26)15-25(30(3,27)28)21-13-8-11-19-10-5-6-12-20(19)21/h4-14,18H,15-16H2,1-3H3,(H,24,26)/t18-/m0/s1. The van der Waals surface area contributed by atoms with E-state index in [4.69, 9.17) is 4.74 Å². The summed E-state index contributed by atoms with van der Waals surface area (Å²) in [7, 11) is -3.66. The van der Waals surface area contributed by atoms with Gasteiger partial charge in [0.2, 0.25) is 15.9 Å². The van der Waals surface area contributed by atoms with Gasteiger partial charge >= 0.3 is 0 Å². The SMILES string of the molecule is Cc1ccccc1OC[C@H](C)NC(=O)CN(c1cccc2ccccc12)S(C)(=O)=O. The summed E-state index contributed by atoms with van der Waals surface area (Å²) in [6, 6.07) is 20.2. The fourth-order valence-corrected chi connectivity index (χ4v) is 4.10. The summed E-state index contributed by atoms with van der Waals surface area (Å²) in [4.78, 5) is 12.6. The van der Waals surface area contributed by atoms with Crippen LogP contribution in [0.4, 0.5) is 5.69 Å². The molecule has 3 aromatic rings. The quantitative estimate of drug-likeness (QED) is 0.598. The molecule has 0 radical (unpaired) electrons. The molecule has 0 bridgehead atoms. The Bertz CT molecular complexity index is 1140. The average molecular weight is 427 g/mol. The van der Waals surface area contributed by atoms with Gasteiger partial charge in [0, 0.05) is 5.39 Å². The molecule has 0 aliphatic heterocycles. The second-order valence-electron chi connectivity index (χ2n) is 7.31. The Balaban J connectivity index is 1.71. The van der Waals surface area contributed by atoms with E-state index in [1.54, 1.807) is 12.1 Å². The molecule has 0 aromatic heterocycles. The number of nitrogens with one attached hydrogen (secondary N) is 1. The largest absolute Gasteiger partial charge is 0.491 e. The minimum absolute atomic E-state index is 0.281. The van der Waals surface area contributed by atoms with Crippen molar-refractivity contribution in [2.45, 2.75) is 19.9 Å². The molecule has 6 nitrogen and oxygen atoms in total. The number of sulfonamides is 1. The van der Waals surface area contributed by atoms with Crippen molar-refractivity contribution in [1.82, 2.24) is 5.32 Å². The number of carbonyl (C=O) groups is 1. The number of ether oxygens (including phenoxy) is 1. The predicted molar refractivity (Wildman–Crippen MR) is 120 cm³/mol. The van der Waals surface area contributed by atoms with Gasteiger partial charge in [-0.05, 0) is 36.9 Å². The van der Waals surface area contributed by atoms with Gasteiger partial charge in [-0.15, -0.1) is 0 Å². The highest BCUT2D eigenvalue weighted by Gasteiger charge is 2.23. The van der Waals surface area contributed by atoms with E-state index in [1.165, 1.54) is 0 Å². The number of rotatable bonds is 8. The molecule has 30 heavy (non-hydrogen) atoms. The van der Waals surface area contributed by atoms with E-state index in [0.717, 1.165) is 32.6 Å². The highest BCUT2D eigenvalue weighted by molar-refractivity contribution is 7.92. The van der Waals surface area contributed by atoms with Crippen LogP contribution in [-0.2, 0) is 14.8 Å². The topological polar surface area (TPSA) is 75.7 Å². The molecule has 7 heteroatoms. The average Bonchev–Trinajstić information content (AvgIpc) is 2.70. The summed E-state index contributed by atoms with van der Waals surface area (Å²) < 4.78 is 31.8. The Labute approximate surface area is 177 Å². The van der Waals surface area contributed by atoms with Crippen LogP contribution in [0, 0.1) is 6.92 Å². The summed E-state index contributed by atoms with van der Waals surface area (Å²) in [6.07, 6.45) is 1.10. The van der Waals surface area contributed by atoms with Crippen molar-refractivity contribution < 1.29 is 17.9 Å². The molecule has 0 aliphatic rings. The molecule has 1 amide bonds. The first-order chi connectivity index (χ1) is 14.3. The second kappa shape index (κ2) is 9.17. The van der Waals surface area contributed by atoms with E-state index in [2.05, 4.69) is 5.32 Å². The minimum Gasteiger partial charge on any atom is -0.491 e. The molecule has 158 valence electrons. The molecule has 0 saturated heterocycles. The first kappa shape index (κ1) is 21.6. The number of benzene rings is 3. The maximum atomic E-state index is 12.6. The van der Waals surface area contributed by atoms with E-state index in [9.17, 15) is 13.2 Å². The van der Waals surface area contributed by atoms with E-state index in [-0.39, 0.29) is 19.2 Å². The summed E-state index contributed by atoms with van der Waals surface area (Å²) in [5.74, 6) is 0.362. The van der Waals surface area contributed by atoms with Gasteiger partial charge in [0.05, 0.1) is 18.0 Å². The van der Waals surface area contributed by atoms with Crippen LogP contribution < -0.4 is 14.4 Å². The molecule has 3 rings (SSSR count). The maximum absolute atomic E-state index is 12.6. The van der Waals surface area contributed by atoms with Crippen LogP contribution in [0.5, 0.6) is 5.75 Å². The lowest BCUT2D eigenvalue weighted by Gasteiger charge is -2.24. The number of amides is 1. The summed E-state index contributed by atoms with van der Waals surface area (Å²) in [5.41, 5.74) is 1.49. The van der Waals surface area contributed by atoms with E-state index < -0.39 is 15.9 Å². The van der Waals surface area contributed by atoms with Crippen LogP contribution >= 0.6 is 0 Å². The van der Waals surface area contributed by atoms with E-state index >= 15 is 0 Å². The van der Waals surface area contributed by atoms with Crippen LogP contribution in [0.3, 0.4) is 0 Å². The first-order valence-corrected chi connectivity index (χ1v) is 11.5. The molecular formula is C23H26N2O4S. The van der Waals surface area contributed by atoms with Crippen molar-refractivity contribution >= 4 is 32.4 Å². The van der Waals surface area contributed by atoms with E-state index in [1.807, 2.05) is 68.4 Å². The number of hydrogen-bond acceptors (Lipinski definition) is 4. The fourth-order valence-electron chi connectivity index (χ4n) is 3.23. The van der Waals surface area contributed by atoms with Crippen LogP contribution in [0.25, 0.3) is 10.8 Å². The predicted octanol–water partition coefficient (Wildman–Crippen LogP) is 3.50. The number of para-hydroxylation sites is 1. The third kappa shape index (κ3) is 5.30. The van der Waals surface area contributed by atoms with Gasteiger partial charge in [-0.1, -0.05) is 54.6 Å². The number of hydrogen-bond donors (Lipinski definition) is 1. The van der Waals surface area contributed by atoms with Crippen LogP contribution in [-0.4, -0.2) is 39.8 Å². The Kier molecular flexibility index (Phi) is 6.62. The Morgan fingerprint density at radius 3 is 2.43 bits per heavy atom. The zero-order chi connectivity index (χ0) is 21.7. The van der Waals surface area contributed by atoms with Gasteiger partial charge in [0.1, 0.15) is 18.9 Å². The zero-order valence-electron chi connectivity index (χ0n) is 17.3. The Morgan fingerprint density at radius 1 is 1.03 bits per heavy atom. The van der Waals surface area contributed by atoms with Gasteiger partial charge in [0.25, 0.3) is 0 Å². The molecule has 0 aliphatic carbocycles. The summed E-state index contributed by atoms with van der Waals surface area (Å²) in [5, 5.41) is 4.50. The lowest BCUT2D eigenvalue weighted by Crippen LogP contribution is -2.45. The smallest absolute Gasteiger partial charge is 0.241 e. The van der Waals surface area contributed by atoms with E-state index in [0.29, 0.717) is 5.69 Å². The summed E-state index contributed by atoms with van der Waals surface area (Å²) >= 11 is 0. The first-order valence-electron chi connectivity index (χ1n) is 9.69. The molecule has 0 unspecified atom stereocenters. The van der Waals surface area contributed by atoms with Crippen LogP contribution in [0.15, 0.2) is 66.7 Å². The van der Waals surface area contributed by atoms with Gasteiger partial charge in [0.15, 0.2) is 0 Å². The van der Waals surface area contributed by atoms with Crippen LogP contribution in [0.1, 0.15) is 12.5 Å². The lowest BCUT2D eigenvalue weighted by molar-refractivity contribution is -0.120. The molecule has 1 N–H and O–H groups in total. The van der Waals surface area contributed by atoms with Gasteiger partial charge in [-0.3, -0.25) is 9.10 Å². The fraction of sp³-hybridized carbons (Fsp3) is 0.261. The molecule has 0 saturated carbocycles. The van der Waals surface area contributed by atoms with Crippen molar-refractivity contribution in [3.05, 3.63) is 72.3 Å². The van der Waals surface area contributed by atoms with Gasteiger partial charge < -0.3 is 10.1 Å². The number of fused-ring (bicyclic) bond motifs is 1. The molecular weight excluding hydrogens is 400 g/mol. The number of aryl methyl sites for hydroxylation is 1. The van der Waals surface area contributed by atoms with Crippen molar-refractivity contribution in [3.63, 3.8) is 0 Å². The van der Waals surface area contributed by atoms with Crippen molar-refractivity contribution in [3.8, 4) is 5.75 Å². The number of nitrogens with zero attached hydrogens (tertiary/aromatic N) is 1. The summed E-state index contributed by atoms with van der Waals surface area (Å²) in [6.45, 7) is 3.75. The van der Waals surface area contributed by atoms with Gasteiger partial charge in [-0.25, -0.2) is 8.42 Å². The third-order valence-corrected chi connectivity index (χ3v) is 5.84. The van der Waals surface area contributed by atoms with Crippen molar-refractivity contribution in [2.24, 2.45) is 0 Å². The zero-order valence-corrected chi connectivity index (χ0v) is 18.1. The molecule has 3 aromatic carbocycles. The van der Waals surface area contributed by atoms with Crippen molar-refractivity contribution in [2.75, 3.05) is 23.7 Å². The molecule has 0 fully saturated rings. The maximum Gasteiger partial charge on any atom is 0.241 e. The highest BCUT2D eigenvalue weighted by Crippen LogP contribution is 2.28. The van der Waals surface area contributed by atoms with Crippen LogP contribution in [0.2, 0.25) is 0 Å². The highest BCUT2D eigenvalue weighted by atomic mass is 32.2. The number of carbonyl (C=O) groups excluding carboxylic acids is 1. The Hall–Kier alpha value is -3.06. The van der Waals surface area contributed by atoms with Gasteiger partial charge in [-0.2, -0.15) is 0 Å². The Morgan fingerprint density at radius 2 is 1.70 bits per heavy atom. The monoisotopic (exact) mass is 426 g/mol. The van der Waals surface area contributed by atoms with Crippen molar-refractivity contribution in [1.29, 1.82) is 0 Å².